The van der Waals surface area contributed by atoms with Gasteiger partial charge in [0.25, 0.3) is 0 Å². The van der Waals surface area contributed by atoms with Crippen LogP contribution in [0.2, 0.25) is 0 Å². The molecule has 8 heteroatoms. The number of aromatic hydroxyl groups is 1. The molecule has 0 amide bonds. The molecule has 3 rings (SSSR count). The number of hydrogen-bond acceptors (Lipinski definition) is 5. The van der Waals surface area contributed by atoms with Crippen LogP contribution in [0.4, 0.5) is 0 Å². The second-order valence-corrected chi connectivity index (χ2v) is 6.99. The summed E-state index contributed by atoms with van der Waals surface area (Å²) in [6.07, 6.45) is 0. The van der Waals surface area contributed by atoms with Crippen LogP contribution in [0.25, 0.3) is 11.3 Å². The lowest BCUT2D eigenvalue weighted by molar-refractivity contribution is 0.0730. The number of nitrogens with zero attached hydrogens (tertiary/aromatic N) is 3. The molecule has 1 aromatic carbocycles. The average molecular weight is 323 g/mol. The molecule has 0 saturated carbocycles. The lowest BCUT2D eigenvalue weighted by Gasteiger charge is -2.26. The fourth-order valence-electron chi connectivity index (χ4n) is 2.33. The van der Waals surface area contributed by atoms with Crippen molar-refractivity contribution in [3.05, 3.63) is 30.3 Å². The lowest BCUT2D eigenvalue weighted by atomic mass is 10.2. The van der Waals surface area contributed by atoms with E-state index in [0.717, 1.165) is 5.56 Å². The Labute approximate surface area is 128 Å². The minimum absolute atomic E-state index is 0.0556. The molecule has 22 heavy (non-hydrogen) atoms. The first-order valence-corrected chi connectivity index (χ1v) is 8.34. The molecule has 0 spiro atoms. The van der Waals surface area contributed by atoms with Crippen LogP contribution in [0.1, 0.15) is 0 Å². The van der Waals surface area contributed by atoms with Crippen molar-refractivity contribution >= 4 is 10.0 Å². The first-order valence-electron chi connectivity index (χ1n) is 6.90. The van der Waals surface area contributed by atoms with Gasteiger partial charge in [0.1, 0.15) is 0 Å². The fourth-order valence-corrected chi connectivity index (χ4v) is 3.74. The van der Waals surface area contributed by atoms with Crippen molar-refractivity contribution in [2.24, 2.45) is 7.05 Å². The zero-order chi connectivity index (χ0) is 15.7. The molecule has 1 aromatic heterocycles. The number of aromatic nitrogens is 2. The topological polar surface area (TPSA) is 84.7 Å². The number of aryl methyl sites for hydroxylation is 1. The van der Waals surface area contributed by atoms with Gasteiger partial charge < -0.3 is 9.84 Å². The molecule has 0 radical (unpaired) electrons. The van der Waals surface area contributed by atoms with E-state index in [9.17, 15) is 13.5 Å². The van der Waals surface area contributed by atoms with E-state index in [2.05, 4.69) is 5.10 Å². The smallest absolute Gasteiger partial charge is 0.243 e. The summed E-state index contributed by atoms with van der Waals surface area (Å²) in [7, 11) is -1.85. The average Bonchev–Trinajstić information content (AvgIpc) is 2.88. The normalized spacial score (nSPS) is 16.8. The Morgan fingerprint density at radius 1 is 1.18 bits per heavy atom. The van der Waals surface area contributed by atoms with Gasteiger partial charge in [0, 0.05) is 31.8 Å². The Hall–Kier alpha value is -1.90. The minimum Gasteiger partial charge on any atom is -0.493 e. The van der Waals surface area contributed by atoms with Crippen LogP contribution < -0.4 is 0 Å². The van der Waals surface area contributed by atoms with E-state index in [1.54, 1.807) is 31.3 Å². The summed E-state index contributed by atoms with van der Waals surface area (Å²) in [6.45, 7) is 1.59. The van der Waals surface area contributed by atoms with Gasteiger partial charge in [-0.2, -0.15) is 9.40 Å². The molecule has 2 aromatic rings. The molecular formula is C14H17N3O4S. The Morgan fingerprint density at radius 3 is 2.36 bits per heavy atom. The molecule has 0 unspecified atom stereocenters. The van der Waals surface area contributed by atoms with Crippen molar-refractivity contribution in [3.8, 4) is 17.1 Å². The maximum Gasteiger partial charge on any atom is 0.243 e. The van der Waals surface area contributed by atoms with Gasteiger partial charge in [-0.1, -0.05) is 12.1 Å². The van der Waals surface area contributed by atoms with Gasteiger partial charge in [0.15, 0.2) is 0 Å². The maximum absolute atomic E-state index is 12.5. The van der Waals surface area contributed by atoms with Crippen LogP contribution in [0.3, 0.4) is 0 Å². The predicted octanol–water partition coefficient (Wildman–Crippen LogP) is 0.814. The van der Waals surface area contributed by atoms with Gasteiger partial charge in [0.2, 0.25) is 15.9 Å². The highest BCUT2D eigenvalue weighted by atomic mass is 32.2. The number of ether oxygens (including phenoxy) is 1. The van der Waals surface area contributed by atoms with Crippen LogP contribution in [0.5, 0.6) is 5.88 Å². The maximum atomic E-state index is 12.5. The Kier molecular flexibility index (Phi) is 3.90. The van der Waals surface area contributed by atoms with Crippen LogP contribution in [0.15, 0.2) is 35.2 Å². The van der Waals surface area contributed by atoms with Crippen molar-refractivity contribution < 1.29 is 18.3 Å². The van der Waals surface area contributed by atoms with Gasteiger partial charge >= 0.3 is 0 Å². The highest BCUT2D eigenvalue weighted by Gasteiger charge is 2.26. The number of sulfonamides is 1. The Balaban J connectivity index is 1.87. The summed E-state index contributed by atoms with van der Waals surface area (Å²) < 4.78 is 33.0. The molecule has 0 aliphatic carbocycles. The van der Waals surface area contributed by atoms with E-state index in [1.807, 2.05) is 0 Å². The van der Waals surface area contributed by atoms with E-state index in [-0.39, 0.29) is 10.8 Å². The van der Waals surface area contributed by atoms with Crippen LogP contribution in [0, 0.1) is 0 Å². The largest absolute Gasteiger partial charge is 0.493 e. The number of hydrogen-bond donors (Lipinski definition) is 1. The molecule has 118 valence electrons. The van der Waals surface area contributed by atoms with Crippen LogP contribution in [-0.2, 0) is 21.8 Å². The van der Waals surface area contributed by atoms with Gasteiger partial charge in [-0.25, -0.2) is 13.1 Å². The molecule has 1 fully saturated rings. The third kappa shape index (κ3) is 2.72. The molecule has 1 aliphatic heterocycles. The zero-order valence-corrected chi connectivity index (χ0v) is 13.0. The summed E-state index contributed by atoms with van der Waals surface area (Å²) in [6, 6.07) is 8.04. The quantitative estimate of drug-likeness (QED) is 0.904. The van der Waals surface area contributed by atoms with Gasteiger partial charge in [0.05, 0.1) is 23.8 Å². The molecule has 1 N–H and O–H groups in total. The molecule has 7 nitrogen and oxygen atoms in total. The lowest BCUT2D eigenvalue weighted by Crippen LogP contribution is -2.40. The van der Waals surface area contributed by atoms with Crippen molar-refractivity contribution in [3.63, 3.8) is 0 Å². The zero-order valence-electron chi connectivity index (χ0n) is 12.1. The minimum atomic E-state index is -3.49. The first-order chi connectivity index (χ1) is 10.5. The molecule has 2 heterocycles. The standard InChI is InChI=1S/C14H17N3O4S/c1-16-14(18)10-13(15-16)11-2-4-12(5-3-11)22(19,20)17-6-8-21-9-7-17/h2-5,10,18H,6-9H2,1H3. The second-order valence-electron chi connectivity index (χ2n) is 5.05. The van der Waals surface area contributed by atoms with Crippen LogP contribution in [-0.4, -0.2) is 53.9 Å². The Bertz CT molecular complexity index is 742. The van der Waals surface area contributed by atoms with Crippen molar-refractivity contribution in [2.45, 2.75) is 4.90 Å². The molecule has 0 bridgehead atoms. The molecule has 1 aliphatic rings. The molecule has 0 atom stereocenters. The third-order valence-corrected chi connectivity index (χ3v) is 5.53. The Morgan fingerprint density at radius 2 is 1.82 bits per heavy atom. The summed E-state index contributed by atoms with van der Waals surface area (Å²) in [5.74, 6) is 0.0556. The highest BCUT2D eigenvalue weighted by molar-refractivity contribution is 7.89. The third-order valence-electron chi connectivity index (χ3n) is 3.61. The summed E-state index contributed by atoms with van der Waals surface area (Å²) in [5, 5.41) is 13.7. The highest BCUT2D eigenvalue weighted by Crippen LogP contribution is 2.24. The van der Waals surface area contributed by atoms with E-state index in [0.29, 0.717) is 32.0 Å². The van der Waals surface area contributed by atoms with E-state index < -0.39 is 10.0 Å². The first kappa shape index (κ1) is 15.0. The number of rotatable bonds is 3. The van der Waals surface area contributed by atoms with E-state index in [4.69, 9.17) is 4.74 Å². The molecular weight excluding hydrogens is 306 g/mol. The number of morpholine rings is 1. The van der Waals surface area contributed by atoms with E-state index >= 15 is 0 Å². The van der Waals surface area contributed by atoms with Crippen molar-refractivity contribution in [1.82, 2.24) is 14.1 Å². The second kappa shape index (κ2) is 5.71. The van der Waals surface area contributed by atoms with Gasteiger partial charge in [-0.15, -0.1) is 0 Å². The van der Waals surface area contributed by atoms with Gasteiger partial charge in [-0.05, 0) is 12.1 Å². The summed E-state index contributed by atoms with van der Waals surface area (Å²) in [5.41, 5.74) is 1.34. The number of benzene rings is 1. The van der Waals surface area contributed by atoms with Crippen molar-refractivity contribution in [2.75, 3.05) is 26.3 Å². The molecule has 1 saturated heterocycles. The monoisotopic (exact) mass is 323 g/mol. The predicted molar refractivity (Wildman–Crippen MR) is 79.9 cm³/mol. The fraction of sp³-hybridized carbons (Fsp3) is 0.357. The van der Waals surface area contributed by atoms with E-state index in [1.165, 1.54) is 15.1 Å². The summed E-state index contributed by atoms with van der Waals surface area (Å²) >= 11 is 0. The van der Waals surface area contributed by atoms with Crippen LogP contribution >= 0.6 is 0 Å². The SMILES string of the molecule is Cn1nc(-c2ccc(S(=O)(=O)N3CCOCC3)cc2)cc1O. The summed E-state index contributed by atoms with van der Waals surface area (Å²) in [4.78, 5) is 0.248. The van der Waals surface area contributed by atoms with Crippen molar-refractivity contribution in [1.29, 1.82) is 0 Å². The van der Waals surface area contributed by atoms with Gasteiger partial charge in [-0.3, -0.25) is 0 Å².